The number of hydrogen-bond donors (Lipinski definition) is 0. The number of carbonyl (C=O) groups is 1. The molecule has 4 heterocycles. The van der Waals surface area contributed by atoms with E-state index in [-0.39, 0.29) is 17.7 Å². The zero-order valence-corrected chi connectivity index (χ0v) is 18.1. The van der Waals surface area contributed by atoms with Gasteiger partial charge in [-0.1, -0.05) is 41.6 Å². The van der Waals surface area contributed by atoms with Crippen LogP contribution in [0.15, 0.2) is 78.0 Å². The highest BCUT2D eigenvalue weighted by Crippen LogP contribution is 2.39. The third-order valence-corrected chi connectivity index (χ3v) is 6.04. The topological polar surface area (TPSA) is 97.9 Å². The van der Waals surface area contributed by atoms with E-state index in [1.165, 1.54) is 5.56 Å². The summed E-state index contributed by atoms with van der Waals surface area (Å²) in [7, 11) is 0. The first kappa shape index (κ1) is 20.9. The molecule has 0 N–H and O–H groups in total. The second kappa shape index (κ2) is 9.68. The molecule has 0 bridgehead atoms. The molecule has 0 aliphatic carbocycles. The van der Waals surface area contributed by atoms with Crippen LogP contribution in [0.5, 0.6) is 0 Å². The van der Waals surface area contributed by atoms with Gasteiger partial charge in [-0.3, -0.25) is 14.8 Å². The zero-order chi connectivity index (χ0) is 22.5. The number of likely N-dealkylation sites (tertiary alicyclic amines) is 1. The molecule has 1 saturated heterocycles. The largest absolute Gasteiger partial charge is 0.341 e. The van der Waals surface area contributed by atoms with Crippen molar-refractivity contribution in [2.24, 2.45) is 0 Å². The van der Waals surface area contributed by atoms with Crippen LogP contribution in [0.2, 0.25) is 0 Å². The van der Waals surface area contributed by atoms with Crippen molar-refractivity contribution < 1.29 is 9.32 Å². The lowest BCUT2D eigenvalue weighted by molar-refractivity contribution is -0.130. The molecule has 1 aliphatic rings. The van der Waals surface area contributed by atoms with Crippen molar-refractivity contribution in [3.63, 3.8) is 0 Å². The van der Waals surface area contributed by atoms with Gasteiger partial charge in [0.15, 0.2) is 0 Å². The summed E-state index contributed by atoms with van der Waals surface area (Å²) in [5, 5.41) is 4.10. The van der Waals surface area contributed by atoms with Crippen molar-refractivity contribution in [2.75, 3.05) is 13.1 Å². The fraction of sp³-hybridized carbons (Fsp3) is 0.280. The maximum Gasteiger partial charge on any atom is 0.232 e. The molecule has 2 atom stereocenters. The minimum absolute atomic E-state index is 0.0342. The molecule has 0 saturated carbocycles. The summed E-state index contributed by atoms with van der Waals surface area (Å²) in [5.74, 6) is 0.980. The monoisotopic (exact) mass is 440 g/mol. The predicted molar refractivity (Wildman–Crippen MR) is 121 cm³/mol. The molecule has 0 unspecified atom stereocenters. The average molecular weight is 441 g/mol. The highest BCUT2D eigenvalue weighted by molar-refractivity contribution is 5.76. The number of hydrogen-bond acceptors (Lipinski definition) is 7. The Morgan fingerprint density at radius 2 is 1.82 bits per heavy atom. The number of rotatable bonds is 7. The van der Waals surface area contributed by atoms with Crippen molar-refractivity contribution in [3.8, 4) is 11.5 Å². The van der Waals surface area contributed by atoms with E-state index in [9.17, 15) is 4.79 Å². The van der Waals surface area contributed by atoms with Gasteiger partial charge in [0.1, 0.15) is 5.69 Å². The third kappa shape index (κ3) is 4.79. The van der Waals surface area contributed by atoms with Crippen LogP contribution < -0.4 is 0 Å². The molecule has 33 heavy (non-hydrogen) atoms. The molecular weight excluding hydrogens is 416 g/mol. The molecule has 3 aromatic heterocycles. The molecule has 1 amide bonds. The smallest absolute Gasteiger partial charge is 0.232 e. The maximum atomic E-state index is 13.0. The number of carbonyl (C=O) groups excluding carboxylic acids is 1. The lowest BCUT2D eigenvalue weighted by Gasteiger charge is -2.16. The van der Waals surface area contributed by atoms with Gasteiger partial charge in [-0.05, 0) is 30.0 Å². The summed E-state index contributed by atoms with van der Waals surface area (Å²) in [4.78, 5) is 32.1. The van der Waals surface area contributed by atoms with Crippen molar-refractivity contribution in [1.29, 1.82) is 0 Å². The van der Waals surface area contributed by atoms with Crippen LogP contribution >= 0.6 is 0 Å². The normalized spacial score (nSPS) is 17.9. The molecule has 1 aliphatic heterocycles. The number of benzene rings is 1. The summed E-state index contributed by atoms with van der Waals surface area (Å²) in [5.41, 5.74) is 2.86. The average Bonchev–Trinajstić information content (AvgIpc) is 3.54. The first-order chi connectivity index (χ1) is 16.3. The quantitative estimate of drug-likeness (QED) is 0.433. The van der Waals surface area contributed by atoms with Gasteiger partial charge in [0.05, 0.1) is 12.1 Å². The standard InChI is InChI=1S/C25H24N6O2/c32-23(10-4-8-18-6-2-1-3-7-18)31-16-20(19-9-5-11-26-14-19)21(17-31)25-29-24(30-33-25)22-15-27-12-13-28-22/h1-3,5-7,9,11-15,20-21H,4,8,10,16-17H2/t20-,21+/m0/s1. The SMILES string of the molecule is O=C(CCCc1ccccc1)N1C[C@@H](c2cccnc2)[C@H](c2nc(-c3cnccn3)no2)C1. The Labute approximate surface area is 191 Å². The van der Waals surface area contributed by atoms with Gasteiger partial charge in [-0.15, -0.1) is 0 Å². The number of aromatic nitrogens is 5. The molecule has 1 aromatic carbocycles. The van der Waals surface area contributed by atoms with Gasteiger partial charge >= 0.3 is 0 Å². The highest BCUT2D eigenvalue weighted by Gasteiger charge is 2.40. The van der Waals surface area contributed by atoms with E-state index >= 15 is 0 Å². The van der Waals surface area contributed by atoms with E-state index in [1.54, 1.807) is 24.8 Å². The molecule has 1 fully saturated rings. The molecule has 4 aromatic rings. The van der Waals surface area contributed by atoms with Crippen molar-refractivity contribution >= 4 is 5.91 Å². The molecule has 8 heteroatoms. The number of amides is 1. The van der Waals surface area contributed by atoms with Crippen molar-refractivity contribution in [3.05, 3.63) is 90.5 Å². The van der Waals surface area contributed by atoms with E-state index < -0.39 is 0 Å². The summed E-state index contributed by atoms with van der Waals surface area (Å²) in [6.07, 6.45) is 10.6. The van der Waals surface area contributed by atoms with Crippen LogP contribution in [0.1, 0.15) is 41.7 Å². The van der Waals surface area contributed by atoms with Crippen LogP contribution in [-0.2, 0) is 11.2 Å². The number of aryl methyl sites for hydroxylation is 1. The van der Waals surface area contributed by atoms with Crippen LogP contribution in [0.3, 0.4) is 0 Å². The molecule has 8 nitrogen and oxygen atoms in total. The predicted octanol–water partition coefficient (Wildman–Crippen LogP) is 3.65. The van der Waals surface area contributed by atoms with E-state index in [0.717, 1.165) is 18.4 Å². The van der Waals surface area contributed by atoms with Gasteiger partial charge in [-0.2, -0.15) is 4.98 Å². The molecule has 5 rings (SSSR count). The fourth-order valence-corrected chi connectivity index (χ4v) is 4.34. The first-order valence-corrected chi connectivity index (χ1v) is 11.1. The van der Waals surface area contributed by atoms with E-state index in [2.05, 4.69) is 37.2 Å². The van der Waals surface area contributed by atoms with Gasteiger partial charge in [0, 0.05) is 50.2 Å². The second-order valence-electron chi connectivity index (χ2n) is 8.18. The lowest BCUT2D eigenvalue weighted by Crippen LogP contribution is -2.28. The summed E-state index contributed by atoms with van der Waals surface area (Å²) >= 11 is 0. The Balaban J connectivity index is 1.32. The summed E-state index contributed by atoms with van der Waals surface area (Å²) in [6, 6.07) is 14.2. The minimum Gasteiger partial charge on any atom is -0.341 e. The first-order valence-electron chi connectivity index (χ1n) is 11.1. The molecule has 0 spiro atoms. The van der Waals surface area contributed by atoms with Crippen LogP contribution in [-0.4, -0.2) is 49.0 Å². The molecule has 0 radical (unpaired) electrons. The van der Waals surface area contributed by atoms with Crippen LogP contribution in [0, 0.1) is 0 Å². The Morgan fingerprint density at radius 1 is 0.970 bits per heavy atom. The molecule has 166 valence electrons. The maximum absolute atomic E-state index is 13.0. The Morgan fingerprint density at radius 3 is 2.61 bits per heavy atom. The fourth-order valence-electron chi connectivity index (χ4n) is 4.34. The van der Waals surface area contributed by atoms with Gasteiger partial charge < -0.3 is 9.42 Å². The second-order valence-corrected chi connectivity index (χ2v) is 8.18. The third-order valence-electron chi connectivity index (χ3n) is 6.04. The van der Waals surface area contributed by atoms with Gasteiger partial charge in [0.2, 0.25) is 17.6 Å². The van der Waals surface area contributed by atoms with Crippen molar-refractivity contribution in [2.45, 2.75) is 31.1 Å². The summed E-state index contributed by atoms with van der Waals surface area (Å²) < 4.78 is 5.63. The van der Waals surface area contributed by atoms with Crippen LogP contribution in [0.4, 0.5) is 0 Å². The Bertz CT molecular complexity index is 1180. The highest BCUT2D eigenvalue weighted by atomic mass is 16.5. The zero-order valence-electron chi connectivity index (χ0n) is 18.1. The number of nitrogens with zero attached hydrogens (tertiary/aromatic N) is 6. The summed E-state index contributed by atoms with van der Waals surface area (Å²) in [6.45, 7) is 1.13. The number of pyridine rings is 1. The van der Waals surface area contributed by atoms with E-state index in [0.29, 0.717) is 36.9 Å². The lowest BCUT2D eigenvalue weighted by atomic mass is 9.90. The van der Waals surface area contributed by atoms with Gasteiger partial charge in [-0.25, -0.2) is 4.98 Å². The van der Waals surface area contributed by atoms with E-state index in [1.807, 2.05) is 41.4 Å². The van der Waals surface area contributed by atoms with E-state index in [4.69, 9.17) is 4.52 Å². The minimum atomic E-state index is -0.106. The van der Waals surface area contributed by atoms with Crippen LogP contribution in [0.25, 0.3) is 11.5 Å². The van der Waals surface area contributed by atoms with Gasteiger partial charge in [0.25, 0.3) is 0 Å². The molecular formula is C25H24N6O2. The Hall–Kier alpha value is -3.94. The van der Waals surface area contributed by atoms with Crippen molar-refractivity contribution in [1.82, 2.24) is 30.0 Å². The Kier molecular flexibility index (Phi) is 6.14.